The van der Waals surface area contributed by atoms with Gasteiger partial charge in [0, 0.05) is 28.2 Å². The molecule has 10 heteroatoms. The number of aliphatic hydroxyl groups is 3. The highest BCUT2D eigenvalue weighted by molar-refractivity contribution is 5.94. The molecular formula is C27H34O10. The minimum Gasteiger partial charge on any atom is -0.472 e. The van der Waals surface area contributed by atoms with Gasteiger partial charge in [0.15, 0.2) is 11.6 Å². The zero-order valence-corrected chi connectivity index (χ0v) is 21.7. The van der Waals surface area contributed by atoms with E-state index in [0.29, 0.717) is 5.56 Å². The number of furan rings is 1. The van der Waals surface area contributed by atoms with Gasteiger partial charge in [-0.2, -0.15) is 0 Å². The van der Waals surface area contributed by atoms with Gasteiger partial charge in [-0.05, 0) is 31.2 Å². The van der Waals surface area contributed by atoms with Crippen LogP contribution in [0.3, 0.4) is 0 Å². The highest BCUT2D eigenvalue weighted by Crippen LogP contribution is 2.79. The van der Waals surface area contributed by atoms with Gasteiger partial charge in [-0.25, -0.2) is 0 Å². The Balaban J connectivity index is 1.60. The zero-order valence-electron chi connectivity index (χ0n) is 21.7. The van der Waals surface area contributed by atoms with Gasteiger partial charge in [0.1, 0.15) is 28.8 Å². The molecule has 37 heavy (non-hydrogen) atoms. The van der Waals surface area contributed by atoms with Crippen LogP contribution in [0.15, 0.2) is 23.0 Å². The summed E-state index contributed by atoms with van der Waals surface area (Å²) >= 11 is 0. The SMILES string of the molecule is COC(=O)C[C@H]1C(C)(C)[C@]2(O)O[C@]34C[C@@]1(C)C(=O)[C@H]2[C@]3(O)CC[C@@]1(C)[C@H](c2ccoc2)OC(=O)C[C@]41O. The number of Topliss-reactive ketones (excluding diaryl/α,β-unsaturated/α-hetero) is 1. The summed E-state index contributed by atoms with van der Waals surface area (Å²) in [6.07, 6.45) is 1.38. The summed E-state index contributed by atoms with van der Waals surface area (Å²) in [5, 5.41) is 37.4. The molecule has 9 atom stereocenters. The number of hydrogen-bond acceptors (Lipinski definition) is 10. The van der Waals surface area contributed by atoms with Crippen LogP contribution in [0.1, 0.15) is 71.5 Å². The second-order valence-corrected chi connectivity index (χ2v) is 12.9. The van der Waals surface area contributed by atoms with E-state index in [2.05, 4.69) is 0 Å². The lowest BCUT2D eigenvalue weighted by molar-refractivity contribution is -0.361. The molecular weight excluding hydrogens is 484 g/mol. The number of esters is 2. The summed E-state index contributed by atoms with van der Waals surface area (Å²) in [5.74, 6) is -5.94. The summed E-state index contributed by atoms with van der Waals surface area (Å²) in [6, 6.07) is 1.66. The molecule has 0 spiro atoms. The fourth-order valence-electron chi connectivity index (χ4n) is 9.18. The number of carbonyl (C=O) groups excluding carboxylic acids is 3. The first-order valence-electron chi connectivity index (χ1n) is 12.8. The molecule has 5 fully saturated rings. The van der Waals surface area contributed by atoms with Gasteiger partial charge in [0.05, 0.1) is 26.1 Å². The van der Waals surface area contributed by atoms with Crippen molar-refractivity contribution in [1.29, 1.82) is 0 Å². The quantitative estimate of drug-likeness (QED) is 0.505. The predicted molar refractivity (Wildman–Crippen MR) is 123 cm³/mol. The van der Waals surface area contributed by atoms with Crippen LogP contribution in [0.5, 0.6) is 0 Å². The lowest BCUT2D eigenvalue weighted by Gasteiger charge is -2.68. The maximum absolute atomic E-state index is 14.1. The van der Waals surface area contributed by atoms with Crippen molar-refractivity contribution in [2.75, 3.05) is 7.11 Å². The second kappa shape index (κ2) is 6.83. The third-order valence-electron chi connectivity index (χ3n) is 11.2. The molecule has 0 aromatic carbocycles. The molecule has 3 bridgehead atoms. The van der Waals surface area contributed by atoms with Crippen LogP contribution in [0.25, 0.3) is 0 Å². The van der Waals surface area contributed by atoms with Gasteiger partial charge in [-0.15, -0.1) is 0 Å². The van der Waals surface area contributed by atoms with Crippen LogP contribution >= 0.6 is 0 Å². The molecule has 0 unspecified atom stereocenters. The van der Waals surface area contributed by atoms with E-state index in [-0.39, 0.29) is 25.7 Å². The third kappa shape index (κ3) is 2.41. The van der Waals surface area contributed by atoms with Gasteiger partial charge in [0.2, 0.25) is 0 Å². The van der Waals surface area contributed by atoms with Gasteiger partial charge in [0.25, 0.3) is 0 Å². The van der Waals surface area contributed by atoms with Gasteiger partial charge >= 0.3 is 11.9 Å². The number of hydrogen-bond donors (Lipinski definition) is 3. The van der Waals surface area contributed by atoms with E-state index in [0.717, 1.165) is 0 Å². The summed E-state index contributed by atoms with van der Waals surface area (Å²) in [7, 11) is 1.26. The first-order valence-corrected chi connectivity index (χ1v) is 12.8. The number of cyclic esters (lactones) is 1. The largest absolute Gasteiger partial charge is 0.472 e. The fraction of sp³-hybridized carbons (Fsp3) is 0.741. The van der Waals surface area contributed by atoms with Crippen LogP contribution in [-0.2, 0) is 28.6 Å². The third-order valence-corrected chi connectivity index (χ3v) is 11.2. The van der Waals surface area contributed by atoms with E-state index < -0.39 is 80.9 Å². The van der Waals surface area contributed by atoms with E-state index >= 15 is 0 Å². The van der Waals surface area contributed by atoms with E-state index in [1.54, 1.807) is 33.8 Å². The van der Waals surface area contributed by atoms with Gasteiger partial charge < -0.3 is 33.9 Å². The summed E-state index contributed by atoms with van der Waals surface area (Å²) in [5.41, 5.74) is -8.92. The standard InChI is InChI=1S/C27H34O10/c1-21(2)15(10-16(28)34-5)22(3)13-26-24(31,18(19(22)30)27(21,33)37-26)8-7-23(4)20(14-6-9-35-12-14)36-17(29)11-25(23,26)32/h6,9,12,15,18,20,31-33H,7-8,10-11,13H2,1-5H3/t15-,18-,20-,22+,23-,24+,25+,26+,27+/m0/s1. The zero-order chi connectivity index (χ0) is 27.0. The summed E-state index contributed by atoms with van der Waals surface area (Å²) in [4.78, 5) is 39.7. The number of ketones is 1. The average molecular weight is 519 g/mol. The number of methoxy groups -OCH3 is 1. The molecule has 3 aliphatic carbocycles. The molecule has 2 saturated heterocycles. The first kappa shape index (κ1) is 25.0. The molecule has 1 aromatic rings. The molecule has 3 heterocycles. The highest BCUT2D eigenvalue weighted by Gasteiger charge is 2.92. The van der Waals surface area contributed by atoms with Crippen molar-refractivity contribution in [2.24, 2.45) is 28.1 Å². The topological polar surface area (TPSA) is 153 Å². The van der Waals surface area contributed by atoms with Crippen LogP contribution in [0.2, 0.25) is 0 Å². The second-order valence-electron chi connectivity index (χ2n) is 12.9. The average Bonchev–Trinajstić information content (AvgIpc) is 3.38. The highest BCUT2D eigenvalue weighted by atomic mass is 16.7. The van der Waals surface area contributed by atoms with Crippen molar-refractivity contribution >= 4 is 17.7 Å². The summed E-state index contributed by atoms with van der Waals surface area (Å²) < 4.78 is 22.5. The normalized spacial score (nSPS) is 51.3. The van der Waals surface area contributed by atoms with Crippen molar-refractivity contribution in [1.82, 2.24) is 0 Å². The minimum absolute atomic E-state index is 0.0320. The number of carbonyl (C=O) groups is 3. The van der Waals surface area contributed by atoms with E-state index in [4.69, 9.17) is 18.6 Å². The molecule has 6 rings (SSSR count). The van der Waals surface area contributed by atoms with Crippen molar-refractivity contribution in [2.45, 2.75) is 88.5 Å². The monoisotopic (exact) mass is 518 g/mol. The Morgan fingerprint density at radius 1 is 1.14 bits per heavy atom. The fourth-order valence-corrected chi connectivity index (χ4v) is 9.18. The number of rotatable bonds is 3. The maximum atomic E-state index is 14.1. The molecule has 0 radical (unpaired) electrons. The van der Waals surface area contributed by atoms with E-state index in [9.17, 15) is 29.7 Å². The van der Waals surface area contributed by atoms with Crippen LogP contribution in [0.4, 0.5) is 0 Å². The Hall–Kier alpha value is -2.27. The van der Waals surface area contributed by atoms with E-state index in [1.807, 2.05) is 0 Å². The molecule has 10 nitrogen and oxygen atoms in total. The number of fused-ring (bicyclic) bond motifs is 2. The minimum atomic E-state index is -2.21. The Labute approximate surface area is 214 Å². The predicted octanol–water partition coefficient (Wildman–Crippen LogP) is 1.80. The molecule has 2 aliphatic heterocycles. The molecule has 0 amide bonds. The summed E-state index contributed by atoms with van der Waals surface area (Å²) in [6.45, 7) is 6.91. The lowest BCUT2D eigenvalue weighted by atomic mass is 9.36. The lowest BCUT2D eigenvalue weighted by Crippen LogP contribution is -2.82. The Bertz CT molecular complexity index is 1210. The van der Waals surface area contributed by atoms with Crippen molar-refractivity contribution in [3.63, 3.8) is 0 Å². The number of ether oxygens (including phenoxy) is 3. The molecule has 3 saturated carbocycles. The molecule has 5 aliphatic rings. The van der Waals surface area contributed by atoms with Crippen LogP contribution in [-0.4, -0.2) is 62.7 Å². The maximum Gasteiger partial charge on any atom is 0.309 e. The Morgan fingerprint density at radius 3 is 2.46 bits per heavy atom. The Kier molecular flexibility index (Phi) is 4.62. The molecule has 3 N–H and O–H groups in total. The molecule has 1 aromatic heterocycles. The van der Waals surface area contributed by atoms with Crippen LogP contribution < -0.4 is 0 Å². The van der Waals surface area contributed by atoms with Crippen molar-refractivity contribution in [3.8, 4) is 0 Å². The van der Waals surface area contributed by atoms with E-state index in [1.165, 1.54) is 19.6 Å². The van der Waals surface area contributed by atoms with Crippen LogP contribution in [0, 0.1) is 28.1 Å². The van der Waals surface area contributed by atoms with Crippen molar-refractivity contribution < 1.29 is 48.3 Å². The smallest absolute Gasteiger partial charge is 0.309 e. The van der Waals surface area contributed by atoms with Gasteiger partial charge in [-0.1, -0.05) is 27.7 Å². The van der Waals surface area contributed by atoms with Gasteiger partial charge in [-0.3, -0.25) is 14.4 Å². The Morgan fingerprint density at radius 2 is 1.84 bits per heavy atom. The molecule has 202 valence electrons. The van der Waals surface area contributed by atoms with Crippen molar-refractivity contribution in [3.05, 3.63) is 24.2 Å². The first-order chi connectivity index (χ1) is 17.1.